The van der Waals surface area contributed by atoms with Gasteiger partial charge >= 0.3 is 0 Å². The Morgan fingerprint density at radius 2 is 1.95 bits per heavy atom. The van der Waals surface area contributed by atoms with Gasteiger partial charge in [0.2, 0.25) is 5.91 Å². The van der Waals surface area contributed by atoms with Crippen LogP contribution in [0.2, 0.25) is 0 Å². The molecule has 5 nitrogen and oxygen atoms in total. The number of carbonyl (C=O) groups excluding carboxylic acids is 1. The average Bonchev–Trinajstić information content (AvgIpc) is 2.46. The Labute approximate surface area is 119 Å². The van der Waals surface area contributed by atoms with Crippen LogP contribution in [0.15, 0.2) is 24.3 Å². The van der Waals surface area contributed by atoms with Gasteiger partial charge < -0.3 is 19.7 Å². The Balaban J connectivity index is 1.79. The second-order valence-corrected chi connectivity index (χ2v) is 5.04. The van der Waals surface area contributed by atoms with E-state index in [9.17, 15) is 4.79 Å². The molecule has 1 heterocycles. The molecule has 1 aliphatic heterocycles. The van der Waals surface area contributed by atoms with Crippen molar-refractivity contribution in [2.24, 2.45) is 0 Å². The second kappa shape index (κ2) is 7.14. The summed E-state index contributed by atoms with van der Waals surface area (Å²) < 4.78 is 10.8. The summed E-state index contributed by atoms with van der Waals surface area (Å²) in [5.41, 5.74) is 0.919. The minimum Gasteiger partial charge on any atom is -0.491 e. The minimum atomic E-state index is 0.107. The molecule has 0 unspecified atom stereocenters. The van der Waals surface area contributed by atoms with Gasteiger partial charge in [-0.15, -0.1) is 0 Å². The molecule has 0 aliphatic carbocycles. The highest BCUT2D eigenvalue weighted by Gasteiger charge is 2.16. The molecule has 1 N–H and O–H groups in total. The van der Waals surface area contributed by atoms with E-state index in [1.165, 1.54) is 0 Å². The van der Waals surface area contributed by atoms with Crippen LogP contribution in [0.3, 0.4) is 0 Å². The van der Waals surface area contributed by atoms with Crippen molar-refractivity contribution in [3.8, 4) is 5.75 Å². The number of nitrogens with one attached hydrogen (secondary N) is 1. The molecule has 0 bridgehead atoms. The fraction of sp³-hybridized carbons (Fsp3) is 0.533. The van der Waals surface area contributed by atoms with Gasteiger partial charge in [0.05, 0.1) is 25.9 Å². The predicted octanol–water partition coefficient (Wildman–Crippen LogP) is 1.74. The molecule has 1 aromatic rings. The van der Waals surface area contributed by atoms with E-state index >= 15 is 0 Å². The summed E-state index contributed by atoms with van der Waals surface area (Å²) in [6.07, 6.45) is 0.164. The maximum atomic E-state index is 12.0. The van der Waals surface area contributed by atoms with Crippen molar-refractivity contribution in [1.29, 1.82) is 0 Å². The van der Waals surface area contributed by atoms with Gasteiger partial charge in [0, 0.05) is 18.8 Å². The quantitative estimate of drug-likeness (QED) is 0.891. The topological polar surface area (TPSA) is 50.8 Å². The summed E-state index contributed by atoms with van der Waals surface area (Å²) in [7, 11) is 0. The van der Waals surface area contributed by atoms with Crippen LogP contribution >= 0.6 is 0 Å². The summed E-state index contributed by atoms with van der Waals surface area (Å²) in [6.45, 7) is 6.92. The van der Waals surface area contributed by atoms with Crippen LogP contribution in [0.25, 0.3) is 0 Å². The van der Waals surface area contributed by atoms with Gasteiger partial charge in [-0.2, -0.15) is 0 Å². The average molecular weight is 278 g/mol. The first-order valence-electron chi connectivity index (χ1n) is 7.01. The van der Waals surface area contributed by atoms with E-state index in [2.05, 4.69) is 5.32 Å². The van der Waals surface area contributed by atoms with Gasteiger partial charge in [0.1, 0.15) is 5.75 Å². The number of carbonyl (C=O) groups is 1. The molecule has 20 heavy (non-hydrogen) atoms. The summed E-state index contributed by atoms with van der Waals surface area (Å²) in [5, 5.41) is 3.13. The molecule has 1 aromatic carbocycles. The van der Waals surface area contributed by atoms with Gasteiger partial charge in [-0.25, -0.2) is 0 Å². The molecule has 1 aliphatic rings. The van der Waals surface area contributed by atoms with E-state index < -0.39 is 0 Å². The van der Waals surface area contributed by atoms with Gasteiger partial charge in [-0.1, -0.05) is 0 Å². The Morgan fingerprint density at radius 1 is 1.30 bits per heavy atom. The van der Waals surface area contributed by atoms with Crippen molar-refractivity contribution in [1.82, 2.24) is 4.90 Å². The van der Waals surface area contributed by atoms with Crippen LogP contribution in [0.5, 0.6) is 5.75 Å². The fourth-order valence-electron chi connectivity index (χ4n) is 2.03. The lowest BCUT2D eigenvalue weighted by atomic mass is 10.3. The van der Waals surface area contributed by atoms with Gasteiger partial charge in [-0.05, 0) is 38.1 Å². The van der Waals surface area contributed by atoms with Crippen LogP contribution in [-0.4, -0.2) is 49.8 Å². The van der Waals surface area contributed by atoms with E-state index in [4.69, 9.17) is 9.47 Å². The highest BCUT2D eigenvalue weighted by Crippen LogP contribution is 2.16. The standard InChI is InChI=1S/C15H22N2O3/c1-12(2)20-14-5-3-13(4-6-14)16-11-15(18)17-7-9-19-10-8-17/h3-6,12,16H,7-11H2,1-2H3. The van der Waals surface area contributed by atoms with E-state index in [1.807, 2.05) is 43.0 Å². The van der Waals surface area contributed by atoms with Crippen LogP contribution in [-0.2, 0) is 9.53 Å². The highest BCUT2D eigenvalue weighted by molar-refractivity contribution is 5.81. The molecule has 0 spiro atoms. The number of benzene rings is 1. The number of hydrogen-bond acceptors (Lipinski definition) is 4. The SMILES string of the molecule is CC(C)Oc1ccc(NCC(=O)N2CCOCC2)cc1. The first-order valence-corrected chi connectivity index (χ1v) is 7.01. The minimum absolute atomic E-state index is 0.107. The molecular weight excluding hydrogens is 256 g/mol. The number of amides is 1. The van der Waals surface area contributed by atoms with E-state index in [1.54, 1.807) is 0 Å². The maximum Gasteiger partial charge on any atom is 0.242 e. The molecule has 110 valence electrons. The second-order valence-electron chi connectivity index (χ2n) is 5.04. The van der Waals surface area contributed by atoms with Gasteiger partial charge in [0.25, 0.3) is 0 Å². The maximum absolute atomic E-state index is 12.0. The van der Waals surface area contributed by atoms with Crippen LogP contribution in [0, 0.1) is 0 Å². The zero-order chi connectivity index (χ0) is 14.4. The molecule has 2 rings (SSSR count). The number of anilines is 1. The molecule has 0 atom stereocenters. The van der Waals surface area contributed by atoms with Crippen molar-refractivity contribution < 1.29 is 14.3 Å². The largest absolute Gasteiger partial charge is 0.491 e. The number of ether oxygens (including phenoxy) is 2. The zero-order valence-electron chi connectivity index (χ0n) is 12.1. The summed E-state index contributed by atoms with van der Waals surface area (Å²) in [6, 6.07) is 7.65. The molecule has 5 heteroatoms. The Morgan fingerprint density at radius 3 is 2.55 bits per heavy atom. The number of nitrogens with zero attached hydrogens (tertiary/aromatic N) is 1. The molecule has 1 fully saturated rings. The van der Waals surface area contributed by atoms with E-state index in [0.717, 1.165) is 11.4 Å². The Hall–Kier alpha value is -1.75. The van der Waals surface area contributed by atoms with E-state index in [0.29, 0.717) is 32.8 Å². The fourth-order valence-corrected chi connectivity index (χ4v) is 2.03. The number of hydrogen-bond donors (Lipinski definition) is 1. The van der Waals surface area contributed by atoms with Crippen LogP contribution in [0.1, 0.15) is 13.8 Å². The summed E-state index contributed by atoms with van der Waals surface area (Å²) in [5.74, 6) is 0.945. The lowest BCUT2D eigenvalue weighted by molar-refractivity contribution is -0.133. The number of rotatable bonds is 5. The Kier molecular flexibility index (Phi) is 5.24. The summed E-state index contributed by atoms with van der Waals surface area (Å²) >= 11 is 0. The smallest absolute Gasteiger partial charge is 0.242 e. The monoisotopic (exact) mass is 278 g/mol. The zero-order valence-corrected chi connectivity index (χ0v) is 12.1. The first kappa shape index (κ1) is 14.7. The first-order chi connectivity index (χ1) is 9.65. The molecule has 1 amide bonds. The lowest BCUT2D eigenvalue weighted by Gasteiger charge is -2.27. The molecular formula is C15H22N2O3. The van der Waals surface area contributed by atoms with E-state index in [-0.39, 0.29) is 12.0 Å². The third-order valence-electron chi connectivity index (χ3n) is 3.03. The van der Waals surface area contributed by atoms with Crippen molar-refractivity contribution >= 4 is 11.6 Å². The van der Waals surface area contributed by atoms with Crippen molar-refractivity contribution in [3.05, 3.63) is 24.3 Å². The Bertz CT molecular complexity index is 425. The molecule has 0 saturated carbocycles. The molecule has 1 saturated heterocycles. The normalized spacial score (nSPS) is 15.2. The van der Waals surface area contributed by atoms with Crippen LogP contribution in [0.4, 0.5) is 5.69 Å². The molecule has 0 aromatic heterocycles. The van der Waals surface area contributed by atoms with Gasteiger partial charge in [-0.3, -0.25) is 4.79 Å². The lowest BCUT2D eigenvalue weighted by Crippen LogP contribution is -2.43. The third-order valence-corrected chi connectivity index (χ3v) is 3.03. The molecule has 0 radical (unpaired) electrons. The van der Waals surface area contributed by atoms with Crippen molar-refractivity contribution in [2.75, 3.05) is 38.2 Å². The number of morpholine rings is 1. The van der Waals surface area contributed by atoms with Crippen LogP contribution < -0.4 is 10.1 Å². The van der Waals surface area contributed by atoms with Crippen molar-refractivity contribution in [3.63, 3.8) is 0 Å². The predicted molar refractivity (Wildman–Crippen MR) is 78.1 cm³/mol. The van der Waals surface area contributed by atoms with Gasteiger partial charge in [0.15, 0.2) is 0 Å². The summed E-state index contributed by atoms with van der Waals surface area (Å²) in [4.78, 5) is 13.8. The highest BCUT2D eigenvalue weighted by atomic mass is 16.5. The van der Waals surface area contributed by atoms with Crippen molar-refractivity contribution in [2.45, 2.75) is 20.0 Å². The third kappa shape index (κ3) is 4.42.